The lowest BCUT2D eigenvalue weighted by Gasteiger charge is -2.38. The SMILES string of the molecule is CC1(c2ccccc2)c2ccccc2Oc2ccc(-c3cccc4c3C3(c5ccccc5-c5cc6ccccc6cc53)c3ccccc3-4)cc21. The zero-order valence-corrected chi connectivity index (χ0v) is 27.7. The van der Waals surface area contributed by atoms with E-state index in [-0.39, 0.29) is 0 Å². The van der Waals surface area contributed by atoms with Crippen LogP contribution in [0.25, 0.3) is 44.2 Å². The fraction of sp³-hybridized carbons (Fsp3) is 0.0612. The van der Waals surface area contributed by atoms with E-state index < -0.39 is 10.8 Å². The van der Waals surface area contributed by atoms with Gasteiger partial charge in [0.15, 0.2) is 0 Å². The second-order valence-corrected chi connectivity index (χ2v) is 14.1. The van der Waals surface area contributed by atoms with E-state index in [0.29, 0.717) is 0 Å². The van der Waals surface area contributed by atoms with Gasteiger partial charge in [0.1, 0.15) is 11.5 Å². The molecule has 11 rings (SSSR count). The van der Waals surface area contributed by atoms with Gasteiger partial charge in [-0.25, -0.2) is 0 Å². The molecule has 8 aromatic rings. The van der Waals surface area contributed by atoms with E-state index in [2.05, 4.69) is 183 Å². The summed E-state index contributed by atoms with van der Waals surface area (Å²) in [4.78, 5) is 0. The number of hydrogen-bond acceptors (Lipinski definition) is 1. The number of ether oxygens (including phenoxy) is 1. The van der Waals surface area contributed by atoms with E-state index >= 15 is 0 Å². The Morgan fingerprint density at radius 1 is 0.380 bits per heavy atom. The lowest BCUT2D eigenvalue weighted by molar-refractivity contribution is 0.427. The predicted molar refractivity (Wildman–Crippen MR) is 204 cm³/mol. The molecule has 0 fully saturated rings. The summed E-state index contributed by atoms with van der Waals surface area (Å²) in [7, 11) is 0. The highest BCUT2D eigenvalue weighted by molar-refractivity contribution is 6.02. The predicted octanol–water partition coefficient (Wildman–Crippen LogP) is 12.3. The lowest BCUT2D eigenvalue weighted by Crippen LogP contribution is -2.29. The second-order valence-electron chi connectivity index (χ2n) is 14.1. The van der Waals surface area contributed by atoms with Crippen LogP contribution in [0.4, 0.5) is 0 Å². The first-order valence-corrected chi connectivity index (χ1v) is 17.5. The molecule has 0 radical (unpaired) electrons. The average molecular weight is 637 g/mol. The van der Waals surface area contributed by atoms with E-state index in [1.54, 1.807) is 0 Å². The van der Waals surface area contributed by atoms with Crippen molar-refractivity contribution in [3.63, 3.8) is 0 Å². The fourth-order valence-corrected chi connectivity index (χ4v) is 9.62. The number of para-hydroxylation sites is 1. The van der Waals surface area contributed by atoms with Crippen molar-refractivity contribution in [1.29, 1.82) is 0 Å². The van der Waals surface area contributed by atoms with Crippen LogP contribution >= 0.6 is 0 Å². The standard InChI is InChI=1S/C49H32O/c1-48(34-16-3-2-4-17-34)42-24-11-12-25-45(42)50-46-27-26-33(30-44(46)48)35-20-13-21-38-36-18-7-9-22-40(36)49(47(35)38)41-23-10-8-19-37(41)39-28-31-14-5-6-15-32(31)29-43(39)49/h2-30H,1H3. The van der Waals surface area contributed by atoms with Gasteiger partial charge in [0, 0.05) is 16.5 Å². The molecule has 0 amide bonds. The van der Waals surface area contributed by atoms with Gasteiger partial charge in [0.2, 0.25) is 0 Å². The summed E-state index contributed by atoms with van der Waals surface area (Å²) in [6.07, 6.45) is 0. The monoisotopic (exact) mass is 636 g/mol. The van der Waals surface area contributed by atoms with Crippen molar-refractivity contribution in [3.8, 4) is 44.9 Å². The molecular weight excluding hydrogens is 605 g/mol. The highest BCUT2D eigenvalue weighted by atomic mass is 16.5. The highest BCUT2D eigenvalue weighted by Gasteiger charge is 2.53. The summed E-state index contributed by atoms with van der Waals surface area (Å²) in [6.45, 7) is 2.35. The van der Waals surface area contributed by atoms with Crippen LogP contribution in [0.1, 0.15) is 45.9 Å². The Morgan fingerprint density at radius 2 is 0.960 bits per heavy atom. The molecule has 1 heterocycles. The summed E-state index contributed by atoms with van der Waals surface area (Å²) in [5.41, 5.74) is 15.9. The van der Waals surface area contributed by atoms with Gasteiger partial charge in [-0.05, 0) is 109 Å². The molecule has 1 heteroatoms. The molecule has 3 aliphatic rings. The van der Waals surface area contributed by atoms with Gasteiger partial charge >= 0.3 is 0 Å². The molecule has 234 valence electrons. The summed E-state index contributed by atoms with van der Waals surface area (Å²) < 4.78 is 6.66. The number of rotatable bonds is 2. The summed E-state index contributed by atoms with van der Waals surface area (Å²) in [5.74, 6) is 1.83. The van der Waals surface area contributed by atoms with Gasteiger partial charge in [0.25, 0.3) is 0 Å². The molecular formula is C49H32O. The number of fused-ring (bicyclic) bond motifs is 13. The van der Waals surface area contributed by atoms with E-state index in [1.165, 1.54) is 83.1 Å². The van der Waals surface area contributed by atoms with Gasteiger partial charge in [-0.3, -0.25) is 0 Å². The Kier molecular flexibility index (Phi) is 5.51. The topological polar surface area (TPSA) is 9.23 Å². The minimum absolute atomic E-state index is 0.397. The molecule has 2 unspecified atom stereocenters. The lowest BCUT2D eigenvalue weighted by atomic mass is 9.67. The smallest absolute Gasteiger partial charge is 0.131 e. The third-order valence-electron chi connectivity index (χ3n) is 11.8. The Morgan fingerprint density at radius 3 is 1.74 bits per heavy atom. The fourth-order valence-electron chi connectivity index (χ4n) is 9.62. The van der Waals surface area contributed by atoms with Crippen molar-refractivity contribution in [2.45, 2.75) is 17.8 Å². The molecule has 0 bridgehead atoms. The molecule has 0 saturated heterocycles. The van der Waals surface area contributed by atoms with Crippen LogP contribution in [0, 0.1) is 0 Å². The molecule has 0 saturated carbocycles. The zero-order chi connectivity index (χ0) is 33.0. The Labute approximate surface area is 292 Å². The van der Waals surface area contributed by atoms with Crippen LogP contribution in [0.3, 0.4) is 0 Å². The molecule has 50 heavy (non-hydrogen) atoms. The van der Waals surface area contributed by atoms with Gasteiger partial charge in [-0.15, -0.1) is 0 Å². The van der Waals surface area contributed by atoms with Gasteiger partial charge in [-0.2, -0.15) is 0 Å². The quantitative estimate of drug-likeness (QED) is 0.183. The van der Waals surface area contributed by atoms with E-state index in [0.717, 1.165) is 11.5 Å². The Bertz CT molecular complexity index is 2700. The molecule has 1 aliphatic heterocycles. The molecule has 1 spiro atoms. The molecule has 2 atom stereocenters. The van der Waals surface area contributed by atoms with E-state index in [4.69, 9.17) is 4.74 Å². The van der Waals surface area contributed by atoms with Crippen molar-refractivity contribution in [3.05, 3.63) is 215 Å². The first-order chi connectivity index (χ1) is 24.7. The highest BCUT2D eigenvalue weighted by Crippen LogP contribution is 2.65. The number of hydrogen-bond donors (Lipinski definition) is 0. The average Bonchev–Trinajstić information content (AvgIpc) is 3.64. The van der Waals surface area contributed by atoms with Crippen molar-refractivity contribution >= 4 is 10.8 Å². The summed E-state index contributed by atoms with van der Waals surface area (Å²) >= 11 is 0. The van der Waals surface area contributed by atoms with Crippen molar-refractivity contribution < 1.29 is 4.74 Å². The van der Waals surface area contributed by atoms with E-state index in [1.807, 2.05) is 0 Å². The maximum Gasteiger partial charge on any atom is 0.131 e. The van der Waals surface area contributed by atoms with Gasteiger partial charge in [-0.1, -0.05) is 146 Å². The molecule has 2 aliphatic carbocycles. The first kappa shape index (κ1) is 27.7. The van der Waals surface area contributed by atoms with Gasteiger partial charge < -0.3 is 4.74 Å². The Balaban J connectivity index is 1.23. The van der Waals surface area contributed by atoms with Gasteiger partial charge in [0.05, 0.1) is 5.41 Å². The van der Waals surface area contributed by atoms with Crippen LogP contribution in [0.15, 0.2) is 176 Å². The van der Waals surface area contributed by atoms with Crippen molar-refractivity contribution in [1.82, 2.24) is 0 Å². The van der Waals surface area contributed by atoms with Crippen LogP contribution in [0.5, 0.6) is 11.5 Å². The zero-order valence-electron chi connectivity index (χ0n) is 27.7. The van der Waals surface area contributed by atoms with Crippen molar-refractivity contribution in [2.24, 2.45) is 0 Å². The Hall–Kier alpha value is -6.18. The van der Waals surface area contributed by atoms with Crippen LogP contribution in [0.2, 0.25) is 0 Å². The second kappa shape index (κ2) is 9.94. The van der Waals surface area contributed by atoms with Crippen molar-refractivity contribution in [2.75, 3.05) is 0 Å². The minimum atomic E-state index is -0.458. The molecule has 0 aromatic heterocycles. The largest absolute Gasteiger partial charge is 0.457 e. The minimum Gasteiger partial charge on any atom is -0.457 e. The molecule has 1 nitrogen and oxygen atoms in total. The summed E-state index contributed by atoms with van der Waals surface area (Å²) in [6, 6.07) is 65.1. The van der Waals surface area contributed by atoms with E-state index in [9.17, 15) is 0 Å². The third-order valence-corrected chi connectivity index (χ3v) is 11.8. The van der Waals surface area contributed by atoms with Crippen LogP contribution < -0.4 is 4.74 Å². The molecule has 0 N–H and O–H groups in total. The first-order valence-electron chi connectivity index (χ1n) is 17.5. The van der Waals surface area contributed by atoms with Crippen LogP contribution in [-0.4, -0.2) is 0 Å². The van der Waals surface area contributed by atoms with Crippen LogP contribution in [-0.2, 0) is 10.8 Å². The maximum absolute atomic E-state index is 6.66. The number of benzene rings is 8. The third kappa shape index (κ3) is 3.42. The normalized spacial score (nSPS) is 18.8. The molecule has 8 aromatic carbocycles. The summed E-state index contributed by atoms with van der Waals surface area (Å²) in [5, 5.41) is 2.54. The maximum atomic E-state index is 6.66.